The van der Waals surface area contributed by atoms with Crippen molar-refractivity contribution in [3.05, 3.63) is 252 Å². The maximum absolute atomic E-state index is 7.14. The van der Waals surface area contributed by atoms with Crippen molar-refractivity contribution in [1.29, 1.82) is 0 Å². The quantitative estimate of drug-likeness (QED) is 0.0674. The summed E-state index contributed by atoms with van der Waals surface area (Å²) in [7, 11) is -1.69. The van der Waals surface area contributed by atoms with Crippen molar-refractivity contribution in [1.82, 2.24) is 0 Å². The molecule has 10 rings (SSSR count). The standard InChI is InChI=1S/C25H22P2.2C15H9.2Ag/c1-5-13-22(14-6-1)26(23-15-7-2-8-16-23)21-27(24-17-9-3-10-18-24)25-19-11-4-12-20-25;2*1-2-11-7-8-13-10-12-5-3-4-6-14(12)15(13)9-11;;/h1-20H,21H2;2*3-9H,10H2;;/q;2*-1;2*+1/p+2. The molecule has 0 saturated carbocycles. The molecule has 2 aliphatic rings. The van der Waals surface area contributed by atoms with E-state index in [1.165, 1.54) is 71.6 Å². The van der Waals surface area contributed by atoms with E-state index in [4.69, 9.17) is 12.8 Å². The SMILES string of the molecule is [Ag+].[Ag+].[C-]#Cc1ccc2c(c1)-c1ccccc1C2.[C-]#Cc1ccc2c(c1)-c1ccccc1C2.c1ccc([PH+](C[PH+](c2ccccc2)c2ccccc2)c2ccccc2)cc1. The Labute approximate surface area is 384 Å². The van der Waals surface area contributed by atoms with Crippen LogP contribution in [-0.2, 0) is 57.6 Å². The summed E-state index contributed by atoms with van der Waals surface area (Å²) in [5.41, 5.74) is 12.3. The molecule has 0 heterocycles. The Hall–Kier alpha value is -4.78. The molecule has 0 atom stereocenters. The van der Waals surface area contributed by atoms with Crippen molar-refractivity contribution in [3.8, 4) is 34.1 Å². The fraction of sp³-hybridized carbons (Fsp3) is 0.0545. The minimum atomic E-state index is -0.847. The molecule has 0 bridgehead atoms. The molecule has 0 N–H and O–H groups in total. The Kier molecular flexibility index (Phi) is 15.9. The van der Waals surface area contributed by atoms with Gasteiger partial charge in [0.25, 0.3) is 0 Å². The fourth-order valence-corrected chi connectivity index (χ4v) is 15.6. The van der Waals surface area contributed by atoms with Crippen LogP contribution in [0.2, 0.25) is 0 Å². The Morgan fingerprint density at radius 3 is 0.949 bits per heavy atom. The van der Waals surface area contributed by atoms with Crippen LogP contribution >= 0.6 is 15.8 Å². The van der Waals surface area contributed by atoms with Gasteiger partial charge in [-0.05, 0) is 106 Å². The van der Waals surface area contributed by atoms with Crippen LogP contribution in [-0.4, -0.2) is 5.90 Å². The van der Waals surface area contributed by atoms with Crippen LogP contribution in [0, 0.1) is 24.7 Å². The largest absolute Gasteiger partial charge is 1.00 e. The molecule has 4 heteroatoms. The molecule has 59 heavy (non-hydrogen) atoms. The summed E-state index contributed by atoms with van der Waals surface area (Å²) < 4.78 is 0. The minimum absolute atomic E-state index is 0. The first kappa shape index (κ1) is 43.8. The van der Waals surface area contributed by atoms with E-state index in [0.29, 0.717) is 0 Å². The van der Waals surface area contributed by atoms with Gasteiger partial charge in [0, 0.05) is 0 Å². The second-order valence-electron chi connectivity index (χ2n) is 14.3. The monoisotopic (exact) mass is 978 g/mol. The maximum Gasteiger partial charge on any atom is 1.00 e. The molecule has 0 aliphatic heterocycles. The summed E-state index contributed by atoms with van der Waals surface area (Å²) in [5.74, 6) is 6.12. The molecule has 0 aromatic heterocycles. The first-order valence-corrected chi connectivity index (χ1v) is 22.8. The Morgan fingerprint density at radius 2 is 0.627 bits per heavy atom. The normalized spacial score (nSPS) is 11.0. The molecule has 0 saturated heterocycles. The predicted molar refractivity (Wildman–Crippen MR) is 248 cm³/mol. The summed E-state index contributed by atoms with van der Waals surface area (Å²) in [5, 5.41) is 6.01. The van der Waals surface area contributed by atoms with Gasteiger partial charge in [0.2, 0.25) is 0 Å². The second-order valence-corrected chi connectivity index (χ2v) is 19.9. The molecule has 0 fully saturated rings. The van der Waals surface area contributed by atoms with E-state index in [9.17, 15) is 0 Å². The summed E-state index contributed by atoms with van der Waals surface area (Å²) >= 11 is 0. The van der Waals surface area contributed by atoms with Crippen molar-refractivity contribution in [2.45, 2.75) is 12.8 Å². The molecule has 8 aromatic carbocycles. The molecular formula is C55H42Ag2P2+2. The van der Waals surface area contributed by atoms with Gasteiger partial charge in [0.15, 0.2) is 5.90 Å². The van der Waals surface area contributed by atoms with E-state index in [-0.39, 0.29) is 44.8 Å². The van der Waals surface area contributed by atoms with Gasteiger partial charge in [-0.25, -0.2) is 0 Å². The zero-order valence-electron chi connectivity index (χ0n) is 32.4. The van der Waals surface area contributed by atoms with Gasteiger partial charge in [-0.3, -0.25) is 11.8 Å². The molecule has 0 nitrogen and oxygen atoms in total. The Balaban J connectivity index is 0.000000156. The molecule has 0 amide bonds. The van der Waals surface area contributed by atoms with Gasteiger partial charge in [0.1, 0.15) is 37.1 Å². The van der Waals surface area contributed by atoms with Crippen LogP contribution in [0.25, 0.3) is 22.3 Å². The minimum Gasteiger partial charge on any atom is -0.366 e. The topological polar surface area (TPSA) is 0 Å². The van der Waals surface area contributed by atoms with E-state index < -0.39 is 15.8 Å². The van der Waals surface area contributed by atoms with Crippen LogP contribution in [0.3, 0.4) is 0 Å². The van der Waals surface area contributed by atoms with Crippen LogP contribution in [0.5, 0.6) is 0 Å². The average molecular weight is 981 g/mol. The molecule has 8 aromatic rings. The van der Waals surface area contributed by atoms with Gasteiger partial charge < -0.3 is 12.8 Å². The van der Waals surface area contributed by atoms with Crippen molar-refractivity contribution in [3.63, 3.8) is 0 Å². The zero-order valence-corrected chi connectivity index (χ0v) is 37.3. The van der Waals surface area contributed by atoms with E-state index >= 15 is 0 Å². The first-order chi connectivity index (χ1) is 28.2. The van der Waals surface area contributed by atoms with E-state index in [2.05, 4.69) is 194 Å². The maximum atomic E-state index is 7.14. The van der Waals surface area contributed by atoms with E-state index in [1.807, 2.05) is 24.3 Å². The number of fused-ring (bicyclic) bond motifs is 6. The van der Waals surface area contributed by atoms with Crippen molar-refractivity contribution in [2.75, 3.05) is 5.90 Å². The van der Waals surface area contributed by atoms with Gasteiger partial charge in [-0.2, -0.15) is 0 Å². The second kappa shape index (κ2) is 21.5. The third kappa shape index (κ3) is 10.5. The van der Waals surface area contributed by atoms with Crippen molar-refractivity contribution >= 4 is 37.1 Å². The van der Waals surface area contributed by atoms with Crippen molar-refractivity contribution < 1.29 is 44.8 Å². The van der Waals surface area contributed by atoms with Crippen LogP contribution < -0.4 is 21.2 Å². The first-order valence-electron chi connectivity index (χ1n) is 19.4. The predicted octanol–water partition coefficient (Wildman–Crippen LogP) is 11.1. The number of rotatable bonds is 6. The summed E-state index contributed by atoms with van der Waals surface area (Å²) in [6.45, 7) is 0. The van der Waals surface area contributed by atoms with E-state index in [0.717, 1.165) is 24.0 Å². The van der Waals surface area contributed by atoms with Gasteiger partial charge >= 0.3 is 44.8 Å². The molecule has 292 valence electrons. The number of hydrogen-bond acceptors (Lipinski definition) is 0. The van der Waals surface area contributed by atoms with Gasteiger partial charge in [-0.1, -0.05) is 133 Å². The van der Waals surface area contributed by atoms with Crippen LogP contribution in [0.4, 0.5) is 0 Å². The third-order valence-electron chi connectivity index (χ3n) is 10.7. The van der Waals surface area contributed by atoms with Gasteiger partial charge in [-0.15, -0.1) is 35.4 Å². The van der Waals surface area contributed by atoms with Gasteiger partial charge in [0.05, 0.1) is 0 Å². The molecule has 0 unspecified atom stereocenters. The molecule has 2 aliphatic carbocycles. The summed E-state index contributed by atoms with van der Waals surface area (Å²) in [6.07, 6.45) is 16.3. The number of hydrogen-bond donors (Lipinski definition) is 0. The van der Waals surface area contributed by atoms with Crippen molar-refractivity contribution in [2.24, 2.45) is 0 Å². The number of benzene rings is 8. The third-order valence-corrected chi connectivity index (χ3v) is 17.7. The van der Waals surface area contributed by atoms with Crippen LogP contribution in [0.15, 0.2) is 206 Å². The smallest absolute Gasteiger partial charge is 0.366 e. The fourth-order valence-electron chi connectivity index (χ4n) is 7.88. The molecule has 0 spiro atoms. The Morgan fingerprint density at radius 1 is 0.339 bits per heavy atom. The van der Waals surface area contributed by atoms with Crippen LogP contribution in [0.1, 0.15) is 33.4 Å². The Bertz CT molecular complexity index is 2420. The van der Waals surface area contributed by atoms with E-state index in [1.54, 1.807) is 0 Å². The zero-order chi connectivity index (χ0) is 38.8. The molecular weight excluding hydrogens is 938 g/mol. The molecule has 0 radical (unpaired) electrons. The average Bonchev–Trinajstić information content (AvgIpc) is 3.86. The summed E-state index contributed by atoms with van der Waals surface area (Å²) in [4.78, 5) is 0. The summed E-state index contributed by atoms with van der Waals surface area (Å²) in [6, 6.07) is 73.6.